The van der Waals surface area contributed by atoms with E-state index >= 15 is 0 Å². The highest BCUT2D eigenvalue weighted by molar-refractivity contribution is 5.69. The van der Waals surface area contributed by atoms with Crippen molar-refractivity contribution in [2.45, 2.75) is 32.4 Å². The zero-order valence-corrected chi connectivity index (χ0v) is 12.9. The fourth-order valence-corrected chi connectivity index (χ4v) is 1.77. The van der Waals surface area contributed by atoms with Crippen LogP contribution in [-0.2, 0) is 0 Å². The molecule has 2 aromatic carbocycles. The van der Waals surface area contributed by atoms with Crippen molar-refractivity contribution in [2.24, 2.45) is 0 Å². The van der Waals surface area contributed by atoms with Gasteiger partial charge in [0.1, 0.15) is 17.3 Å². The second kappa shape index (κ2) is 6.23. The summed E-state index contributed by atoms with van der Waals surface area (Å²) in [6.45, 7) is 5.31. The van der Waals surface area contributed by atoms with Gasteiger partial charge in [-0.2, -0.15) is 0 Å². The smallest absolute Gasteiger partial charge is 0.129 e. The van der Waals surface area contributed by atoms with Gasteiger partial charge in [-0.3, -0.25) is 0 Å². The van der Waals surface area contributed by atoms with Crippen molar-refractivity contribution in [3.05, 3.63) is 48.3 Å². The quantitative estimate of drug-likeness (QED) is 0.736. The van der Waals surface area contributed by atoms with Gasteiger partial charge in [0, 0.05) is 6.07 Å². The summed E-state index contributed by atoms with van der Waals surface area (Å²) in [5.74, 6) is 0.796. The van der Waals surface area contributed by atoms with Gasteiger partial charge >= 0.3 is 0 Å². The molecule has 0 bridgehead atoms. The summed E-state index contributed by atoms with van der Waals surface area (Å²) in [4.78, 5) is 0. The van der Waals surface area contributed by atoms with Gasteiger partial charge in [-0.15, -0.1) is 0 Å². The molecule has 0 aliphatic carbocycles. The van der Waals surface area contributed by atoms with Crippen molar-refractivity contribution in [2.75, 3.05) is 11.1 Å². The summed E-state index contributed by atoms with van der Waals surface area (Å²) < 4.78 is 18.6. The lowest BCUT2D eigenvalue weighted by atomic mass is 10.0. The Labute approximate surface area is 129 Å². The number of halogens is 1. The first-order valence-corrected chi connectivity index (χ1v) is 7.07. The van der Waals surface area contributed by atoms with Gasteiger partial charge in [-0.05, 0) is 57.2 Å². The molecular weight excluding hydrogens is 283 g/mol. The Morgan fingerprint density at radius 1 is 1.14 bits per heavy atom. The Bertz CT molecular complexity index is 636. The Kier molecular flexibility index (Phi) is 4.56. The van der Waals surface area contributed by atoms with Crippen LogP contribution in [0.4, 0.5) is 15.8 Å². The molecule has 0 aromatic heterocycles. The van der Waals surface area contributed by atoms with Crippen molar-refractivity contribution in [1.82, 2.24) is 0 Å². The zero-order valence-electron chi connectivity index (χ0n) is 12.9. The van der Waals surface area contributed by atoms with Gasteiger partial charge in [0.15, 0.2) is 0 Å². The Morgan fingerprint density at radius 2 is 1.73 bits per heavy atom. The largest absolute Gasteiger partial charge is 0.457 e. The number of rotatable bonds is 5. The molecule has 5 heteroatoms. The third-order valence-corrected chi connectivity index (χ3v) is 3.51. The van der Waals surface area contributed by atoms with E-state index in [9.17, 15) is 9.50 Å². The lowest BCUT2D eigenvalue weighted by Crippen LogP contribution is -2.39. The maximum atomic E-state index is 12.9. The molecule has 4 nitrogen and oxygen atoms in total. The topological polar surface area (TPSA) is 67.5 Å². The molecule has 0 radical (unpaired) electrons. The van der Waals surface area contributed by atoms with E-state index in [1.807, 2.05) is 6.92 Å². The molecule has 0 unspecified atom stereocenters. The van der Waals surface area contributed by atoms with Crippen LogP contribution in [0.1, 0.15) is 20.8 Å². The summed E-state index contributed by atoms with van der Waals surface area (Å²) in [6.07, 6.45) is 0. The molecule has 2 rings (SSSR count). The molecule has 2 aromatic rings. The minimum Gasteiger partial charge on any atom is -0.457 e. The number of hydrogen-bond donors (Lipinski definition) is 3. The first-order valence-electron chi connectivity index (χ1n) is 7.07. The number of benzene rings is 2. The van der Waals surface area contributed by atoms with Gasteiger partial charge in [-0.25, -0.2) is 4.39 Å². The normalized spacial score (nSPS) is 12.8. The minimum atomic E-state index is -0.889. The number of aliphatic hydroxyl groups is 1. The Morgan fingerprint density at radius 3 is 2.32 bits per heavy atom. The molecular formula is C17H21FN2O2. The van der Waals surface area contributed by atoms with Gasteiger partial charge in [0.25, 0.3) is 0 Å². The molecule has 0 aliphatic heterocycles. The van der Waals surface area contributed by atoms with E-state index in [0.29, 0.717) is 22.9 Å². The van der Waals surface area contributed by atoms with Crippen molar-refractivity contribution in [1.29, 1.82) is 0 Å². The lowest BCUT2D eigenvalue weighted by molar-refractivity contribution is 0.0649. The minimum absolute atomic E-state index is 0.198. The average molecular weight is 304 g/mol. The SMILES string of the molecule is C[C@H](Nc1cc(Oc2ccc(F)cc2)ccc1N)C(C)(C)O. The molecule has 0 fully saturated rings. The molecule has 0 saturated heterocycles. The van der Waals surface area contributed by atoms with Crippen LogP contribution in [0, 0.1) is 5.82 Å². The highest BCUT2D eigenvalue weighted by Crippen LogP contribution is 2.29. The predicted octanol–water partition coefficient (Wildman–Crippen LogP) is 3.77. The average Bonchev–Trinajstić information content (AvgIpc) is 2.44. The first kappa shape index (κ1) is 16.1. The van der Waals surface area contributed by atoms with E-state index in [1.165, 1.54) is 12.1 Å². The molecule has 118 valence electrons. The number of nitrogens with two attached hydrogens (primary N) is 1. The third-order valence-electron chi connectivity index (χ3n) is 3.51. The van der Waals surface area contributed by atoms with Crippen LogP contribution in [0.5, 0.6) is 11.5 Å². The van der Waals surface area contributed by atoms with E-state index in [-0.39, 0.29) is 11.9 Å². The van der Waals surface area contributed by atoms with Crippen molar-refractivity contribution in [3.8, 4) is 11.5 Å². The number of anilines is 2. The van der Waals surface area contributed by atoms with Crippen LogP contribution < -0.4 is 15.8 Å². The summed E-state index contributed by atoms with van der Waals surface area (Å²) in [5.41, 5.74) is 6.29. The van der Waals surface area contributed by atoms with E-state index < -0.39 is 5.60 Å². The van der Waals surface area contributed by atoms with Crippen LogP contribution in [0.2, 0.25) is 0 Å². The molecule has 1 atom stereocenters. The van der Waals surface area contributed by atoms with Crippen LogP contribution in [0.3, 0.4) is 0 Å². The van der Waals surface area contributed by atoms with Crippen LogP contribution in [0.25, 0.3) is 0 Å². The standard InChI is InChI=1S/C17H21FN2O2/c1-11(17(2,3)21)20-16-10-14(8-9-15(16)19)22-13-6-4-12(18)5-7-13/h4-11,20-21H,19H2,1-3H3/t11-/m0/s1. The summed E-state index contributed by atoms with van der Waals surface area (Å²) in [7, 11) is 0. The van der Waals surface area contributed by atoms with E-state index in [0.717, 1.165) is 0 Å². The van der Waals surface area contributed by atoms with Crippen molar-refractivity contribution in [3.63, 3.8) is 0 Å². The number of nitrogens with one attached hydrogen (secondary N) is 1. The van der Waals surface area contributed by atoms with Crippen LogP contribution in [-0.4, -0.2) is 16.7 Å². The summed E-state index contributed by atoms with van der Waals surface area (Å²) >= 11 is 0. The number of hydrogen-bond acceptors (Lipinski definition) is 4. The molecule has 0 amide bonds. The van der Waals surface area contributed by atoms with Crippen LogP contribution in [0.15, 0.2) is 42.5 Å². The highest BCUT2D eigenvalue weighted by atomic mass is 19.1. The summed E-state index contributed by atoms with van der Waals surface area (Å²) in [6, 6.07) is 10.8. The van der Waals surface area contributed by atoms with E-state index in [2.05, 4.69) is 5.32 Å². The fraction of sp³-hybridized carbons (Fsp3) is 0.294. The fourth-order valence-electron chi connectivity index (χ4n) is 1.77. The second-order valence-corrected chi connectivity index (χ2v) is 5.82. The monoisotopic (exact) mass is 304 g/mol. The molecule has 0 heterocycles. The maximum absolute atomic E-state index is 12.9. The predicted molar refractivity (Wildman–Crippen MR) is 86.7 cm³/mol. The molecule has 4 N–H and O–H groups in total. The molecule has 0 saturated carbocycles. The van der Waals surface area contributed by atoms with E-state index in [4.69, 9.17) is 10.5 Å². The second-order valence-electron chi connectivity index (χ2n) is 5.82. The van der Waals surface area contributed by atoms with Crippen molar-refractivity contribution >= 4 is 11.4 Å². The molecule has 22 heavy (non-hydrogen) atoms. The van der Waals surface area contributed by atoms with Gasteiger partial charge < -0.3 is 20.9 Å². The maximum Gasteiger partial charge on any atom is 0.129 e. The third kappa shape index (κ3) is 4.11. The van der Waals surface area contributed by atoms with Gasteiger partial charge in [0.2, 0.25) is 0 Å². The number of nitrogen functional groups attached to an aromatic ring is 1. The first-order chi connectivity index (χ1) is 10.3. The van der Waals surface area contributed by atoms with Gasteiger partial charge in [0.05, 0.1) is 23.0 Å². The lowest BCUT2D eigenvalue weighted by Gasteiger charge is -2.28. The van der Waals surface area contributed by atoms with Gasteiger partial charge in [-0.1, -0.05) is 0 Å². The Balaban J connectivity index is 2.17. The van der Waals surface area contributed by atoms with Crippen molar-refractivity contribution < 1.29 is 14.2 Å². The van der Waals surface area contributed by atoms with Crippen LogP contribution >= 0.6 is 0 Å². The molecule has 0 spiro atoms. The zero-order chi connectivity index (χ0) is 16.3. The Hall–Kier alpha value is -2.27. The van der Waals surface area contributed by atoms with E-state index in [1.54, 1.807) is 44.2 Å². The molecule has 0 aliphatic rings. The highest BCUT2D eigenvalue weighted by Gasteiger charge is 2.22. The summed E-state index contributed by atoms with van der Waals surface area (Å²) in [5, 5.41) is 13.2. The number of ether oxygens (including phenoxy) is 1.